The normalized spacial score (nSPS) is 31.7. The van der Waals surface area contributed by atoms with E-state index in [0.717, 1.165) is 16.8 Å². The first-order valence-electron chi connectivity index (χ1n) is 5.31. The van der Waals surface area contributed by atoms with Crippen LogP contribution in [0.4, 0.5) is 4.39 Å². The number of nitrogens with one attached hydrogen (secondary N) is 1. The Morgan fingerprint density at radius 1 is 1.67 bits per heavy atom. The van der Waals surface area contributed by atoms with Crippen molar-refractivity contribution >= 4 is 11.6 Å². The summed E-state index contributed by atoms with van der Waals surface area (Å²) in [6.45, 7) is -0.439. The van der Waals surface area contributed by atoms with Gasteiger partial charge in [-0.2, -0.15) is 0 Å². The molecule has 1 saturated heterocycles. The van der Waals surface area contributed by atoms with Crippen LogP contribution >= 0.6 is 11.6 Å². The summed E-state index contributed by atoms with van der Waals surface area (Å²) in [4.78, 5) is 24.4. The molecule has 8 heteroatoms. The summed E-state index contributed by atoms with van der Waals surface area (Å²) in [5.74, 6) is -0.0848. The van der Waals surface area contributed by atoms with Crippen LogP contribution in [0.3, 0.4) is 0 Å². The van der Waals surface area contributed by atoms with E-state index in [-0.39, 0.29) is 12.3 Å². The van der Waals surface area contributed by atoms with E-state index in [0.29, 0.717) is 0 Å². The van der Waals surface area contributed by atoms with E-state index in [2.05, 4.69) is 0 Å². The molecule has 0 bridgehead atoms. The summed E-state index contributed by atoms with van der Waals surface area (Å²) < 4.78 is 20.2. The Balaban J connectivity index is 2.35. The van der Waals surface area contributed by atoms with Crippen LogP contribution in [0.5, 0.6) is 0 Å². The maximum absolute atomic E-state index is 13.9. The van der Waals surface area contributed by atoms with Crippen LogP contribution in [0, 0.1) is 0 Å². The smallest absolute Gasteiger partial charge is 0.330 e. The fourth-order valence-electron chi connectivity index (χ4n) is 1.92. The van der Waals surface area contributed by atoms with Crippen molar-refractivity contribution in [2.75, 3.05) is 12.5 Å². The highest BCUT2D eigenvalue weighted by molar-refractivity contribution is 6.18. The lowest BCUT2D eigenvalue weighted by Crippen LogP contribution is -2.37. The second kappa shape index (κ2) is 4.83. The quantitative estimate of drug-likeness (QED) is 0.748. The van der Waals surface area contributed by atoms with Crippen LogP contribution in [-0.4, -0.2) is 38.9 Å². The molecule has 0 aromatic carbocycles. The van der Waals surface area contributed by atoms with E-state index in [1.165, 1.54) is 0 Å². The van der Waals surface area contributed by atoms with Gasteiger partial charge in [-0.15, -0.1) is 11.6 Å². The predicted octanol–water partition coefficient (Wildman–Crippen LogP) is -0.237. The summed E-state index contributed by atoms with van der Waals surface area (Å²) in [5, 5.41) is 9.19. The highest BCUT2D eigenvalue weighted by Crippen LogP contribution is 2.38. The fourth-order valence-corrected chi connectivity index (χ4v) is 2.18. The van der Waals surface area contributed by atoms with E-state index in [4.69, 9.17) is 16.3 Å². The van der Waals surface area contributed by atoms with Gasteiger partial charge in [0, 0.05) is 18.7 Å². The minimum atomic E-state index is -1.49. The third-order valence-electron chi connectivity index (χ3n) is 2.90. The summed E-state index contributed by atoms with van der Waals surface area (Å²) in [6.07, 6.45) is -1.64. The number of ether oxygens (including phenoxy) is 1. The molecule has 1 aromatic heterocycles. The Labute approximate surface area is 106 Å². The van der Waals surface area contributed by atoms with Gasteiger partial charge < -0.3 is 9.84 Å². The van der Waals surface area contributed by atoms with Gasteiger partial charge in [0.25, 0.3) is 5.56 Å². The number of aliphatic hydroxyl groups excluding tert-OH is 1. The average molecular weight is 279 g/mol. The van der Waals surface area contributed by atoms with Gasteiger partial charge in [0.1, 0.15) is 11.8 Å². The SMILES string of the molecule is O=c1ccn([C@@H]2O[C@@](CO)(CCl)C[C@H]2F)c(=O)[nH]1. The molecule has 2 heterocycles. The number of H-pyrrole nitrogens is 1. The molecular weight excluding hydrogens is 267 g/mol. The van der Waals surface area contributed by atoms with Crippen molar-refractivity contribution in [3.05, 3.63) is 33.1 Å². The van der Waals surface area contributed by atoms with Gasteiger partial charge in [0.15, 0.2) is 6.23 Å². The van der Waals surface area contributed by atoms with Gasteiger partial charge in [0.2, 0.25) is 0 Å². The van der Waals surface area contributed by atoms with Crippen LogP contribution in [-0.2, 0) is 4.74 Å². The van der Waals surface area contributed by atoms with Crippen molar-refractivity contribution in [1.82, 2.24) is 9.55 Å². The molecule has 3 atom stereocenters. The zero-order valence-corrected chi connectivity index (χ0v) is 10.1. The van der Waals surface area contributed by atoms with Crippen molar-refractivity contribution in [3.8, 4) is 0 Å². The second-order valence-electron chi connectivity index (χ2n) is 4.22. The molecule has 6 nitrogen and oxygen atoms in total. The molecule has 0 saturated carbocycles. The molecule has 0 amide bonds. The molecule has 1 aromatic rings. The summed E-state index contributed by atoms with van der Waals surface area (Å²) in [7, 11) is 0. The molecular formula is C10H12ClFN2O4. The Morgan fingerprint density at radius 3 is 2.89 bits per heavy atom. The highest BCUT2D eigenvalue weighted by atomic mass is 35.5. The Kier molecular flexibility index (Phi) is 3.56. The number of aliphatic hydroxyl groups is 1. The minimum absolute atomic E-state index is 0.0848. The van der Waals surface area contributed by atoms with Gasteiger partial charge >= 0.3 is 5.69 Å². The van der Waals surface area contributed by atoms with Crippen LogP contribution in [0.2, 0.25) is 0 Å². The topological polar surface area (TPSA) is 84.3 Å². The molecule has 0 aliphatic carbocycles. The zero-order valence-electron chi connectivity index (χ0n) is 9.31. The lowest BCUT2D eigenvalue weighted by atomic mass is 10.0. The van der Waals surface area contributed by atoms with Crippen LogP contribution < -0.4 is 11.2 Å². The van der Waals surface area contributed by atoms with Crippen molar-refractivity contribution in [2.45, 2.75) is 24.4 Å². The number of alkyl halides is 2. The van der Waals surface area contributed by atoms with E-state index < -0.39 is 35.9 Å². The summed E-state index contributed by atoms with van der Waals surface area (Å²) >= 11 is 5.65. The Bertz CT molecular complexity index is 539. The maximum atomic E-state index is 13.9. The average Bonchev–Trinajstić information content (AvgIpc) is 2.67. The van der Waals surface area contributed by atoms with E-state index >= 15 is 0 Å². The van der Waals surface area contributed by atoms with Crippen molar-refractivity contribution in [3.63, 3.8) is 0 Å². The molecule has 0 unspecified atom stereocenters. The maximum Gasteiger partial charge on any atom is 0.330 e. The van der Waals surface area contributed by atoms with Gasteiger partial charge in [-0.05, 0) is 0 Å². The van der Waals surface area contributed by atoms with E-state index in [9.17, 15) is 19.1 Å². The van der Waals surface area contributed by atoms with Gasteiger partial charge in [-0.3, -0.25) is 14.3 Å². The van der Waals surface area contributed by atoms with E-state index in [1.54, 1.807) is 0 Å². The number of halogens is 2. The number of hydrogen-bond acceptors (Lipinski definition) is 4. The molecule has 0 spiro atoms. The number of nitrogens with zero attached hydrogens (tertiary/aromatic N) is 1. The van der Waals surface area contributed by atoms with E-state index in [1.807, 2.05) is 4.98 Å². The first-order valence-corrected chi connectivity index (χ1v) is 5.85. The Morgan fingerprint density at radius 2 is 2.39 bits per heavy atom. The first kappa shape index (κ1) is 13.3. The molecule has 2 N–H and O–H groups in total. The summed E-state index contributed by atoms with van der Waals surface area (Å²) in [6, 6.07) is 1.09. The number of rotatable bonds is 3. The van der Waals surface area contributed by atoms with Crippen LogP contribution in [0.25, 0.3) is 0 Å². The van der Waals surface area contributed by atoms with Crippen LogP contribution in [0.15, 0.2) is 21.9 Å². The minimum Gasteiger partial charge on any atom is -0.393 e. The lowest BCUT2D eigenvalue weighted by molar-refractivity contribution is -0.0932. The molecule has 100 valence electrons. The van der Waals surface area contributed by atoms with Crippen LogP contribution in [0.1, 0.15) is 12.6 Å². The third kappa shape index (κ3) is 2.21. The monoisotopic (exact) mass is 278 g/mol. The lowest BCUT2D eigenvalue weighted by Gasteiger charge is -2.24. The largest absolute Gasteiger partial charge is 0.393 e. The summed E-state index contributed by atoms with van der Waals surface area (Å²) in [5.41, 5.74) is -2.53. The fraction of sp³-hybridized carbons (Fsp3) is 0.600. The van der Waals surface area contributed by atoms with Crippen molar-refractivity contribution in [1.29, 1.82) is 0 Å². The third-order valence-corrected chi connectivity index (χ3v) is 3.39. The zero-order chi connectivity index (χ0) is 13.3. The predicted molar refractivity (Wildman–Crippen MR) is 61.5 cm³/mol. The van der Waals surface area contributed by atoms with Gasteiger partial charge in [-0.25, -0.2) is 9.18 Å². The first-order chi connectivity index (χ1) is 8.51. The number of aromatic nitrogens is 2. The molecule has 1 aliphatic heterocycles. The van der Waals surface area contributed by atoms with Gasteiger partial charge in [-0.1, -0.05) is 0 Å². The Hall–Kier alpha value is -1.18. The number of hydrogen-bond donors (Lipinski definition) is 2. The van der Waals surface area contributed by atoms with Gasteiger partial charge in [0.05, 0.1) is 12.5 Å². The second-order valence-corrected chi connectivity index (χ2v) is 4.49. The van der Waals surface area contributed by atoms with Crippen molar-refractivity contribution in [2.24, 2.45) is 0 Å². The standard InChI is InChI=1S/C10H12ClFN2O4/c11-4-10(5-15)3-6(12)8(18-10)14-2-1-7(16)13-9(14)17/h1-2,6,8,15H,3-5H2,(H,13,16,17)/t6-,8-,10-/m1/s1. The highest BCUT2D eigenvalue weighted by Gasteiger charge is 2.47. The van der Waals surface area contributed by atoms with Crippen molar-refractivity contribution < 1.29 is 14.2 Å². The molecule has 1 aliphatic rings. The molecule has 2 rings (SSSR count). The molecule has 18 heavy (non-hydrogen) atoms. The molecule has 0 radical (unpaired) electrons. The molecule has 1 fully saturated rings. The number of aromatic amines is 1.